The molecule has 2 rings (SSSR count). The van der Waals surface area contributed by atoms with Gasteiger partial charge in [-0.25, -0.2) is 4.39 Å². The summed E-state index contributed by atoms with van der Waals surface area (Å²) in [7, 11) is 0. The van der Waals surface area contributed by atoms with E-state index in [1.807, 2.05) is 0 Å². The number of hydrogen-bond acceptors (Lipinski definition) is 3. The molecule has 2 N–H and O–H groups in total. The topological polar surface area (TPSA) is 69.2 Å². The molecule has 1 aromatic carbocycles. The Labute approximate surface area is 79.7 Å². The Balaban J connectivity index is 2.57. The third-order valence-corrected chi connectivity index (χ3v) is 2.51. The second-order valence-corrected chi connectivity index (χ2v) is 3.40. The molecular weight excluding hydrogens is 187 g/mol. The zero-order valence-corrected chi connectivity index (χ0v) is 7.37. The van der Waals surface area contributed by atoms with Gasteiger partial charge in [-0.3, -0.25) is 10.1 Å². The number of benzene rings is 1. The van der Waals surface area contributed by atoms with Gasteiger partial charge in [0.2, 0.25) is 0 Å². The van der Waals surface area contributed by atoms with Gasteiger partial charge in [0.05, 0.1) is 11.0 Å². The van der Waals surface area contributed by atoms with E-state index < -0.39 is 10.7 Å². The van der Waals surface area contributed by atoms with E-state index in [2.05, 4.69) is 0 Å². The first kappa shape index (κ1) is 9.08. The van der Waals surface area contributed by atoms with Crippen molar-refractivity contribution >= 4 is 5.69 Å². The highest BCUT2D eigenvalue weighted by atomic mass is 19.1. The van der Waals surface area contributed by atoms with E-state index in [4.69, 9.17) is 5.73 Å². The van der Waals surface area contributed by atoms with Gasteiger partial charge >= 0.3 is 0 Å². The molecule has 0 aliphatic heterocycles. The summed E-state index contributed by atoms with van der Waals surface area (Å²) in [6, 6.07) is 2.03. The standard InChI is InChI=1S/C9H9FN2O2/c10-7-4-6(12(13)14)3-5-1-2-8(11)9(5)7/h3-4,8H,1-2,11H2. The number of nitrogens with two attached hydrogens (primary N) is 1. The van der Waals surface area contributed by atoms with Crippen LogP contribution in [0.4, 0.5) is 10.1 Å². The summed E-state index contributed by atoms with van der Waals surface area (Å²) in [6.07, 6.45) is 1.28. The minimum absolute atomic E-state index is 0.199. The molecule has 0 amide bonds. The van der Waals surface area contributed by atoms with E-state index in [-0.39, 0.29) is 11.7 Å². The second kappa shape index (κ2) is 3.02. The molecule has 0 saturated heterocycles. The summed E-state index contributed by atoms with van der Waals surface area (Å²) in [6.45, 7) is 0. The number of rotatable bonds is 1. The molecule has 74 valence electrons. The lowest BCUT2D eigenvalue weighted by molar-refractivity contribution is -0.385. The number of hydrogen-bond donors (Lipinski definition) is 1. The van der Waals surface area contributed by atoms with Crippen molar-refractivity contribution in [3.05, 3.63) is 39.2 Å². The van der Waals surface area contributed by atoms with Crippen LogP contribution < -0.4 is 5.73 Å². The Bertz CT molecular complexity index is 406. The van der Waals surface area contributed by atoms with Crippen LogP contribution in [0.25, 0.3) is 0 Å². The highest BCUT2D eigenvalue weighted by Gasteiger charge is 2.25. The van der Waals surface area contributed by atoms with Gasteiger partial charge in [0.15, 0.2) is 0 Å². The molecule has 0 bridgehead atoms. The lowest BCUT2D eigenvalue weighted by Gasteiger charge is -2.05. The van der Waals surface area contributed by atoms with Crippen LogP contribution >= 0.6 is 0 Å². The van der Waals surface area contributed by atoms with E-state index in [9.17, 15) is 14.5 Å². The molecule has 0 heterocycles. The molecule has 4 nitrogen and oxygen atoms in total. The van der Waals surface area contributed by atoms with Crippen molar-refractivity contribution in [3.63, 3.8) is 0 Å². The lowest BCUT2D eigenvalue weighted by atomic mass is 10.1. The van der Waals surface area contributed by atoms with Crippen LogP contribution in [0, 0.1) is 15.9 Å². The maximum atomic E-state index is 13.4. The van der Waals surface area contributed by atoms with Crippen molar-refractivity contribution in [2.75, 3.05) is 0 Å². The van der Waals surface area contributed by atoms with Gasteiger partial charge in [-0.2, -0.15) is 0 Å². The Kier molecular flexibility index (Phi) is 1.96. The highest BCUT2D eigenvalue weighted by Crippen LogP contribution is 2.34. The number of nitro benzene ring substituents is 1. The van der Waals surface area contributed by atoms with Gasteiger partial charge in [0.25, 0.3) is 5.69 Å². The molecule has 1 aliphatic carbocycles. The van der Waals surface area contributed by atoms with Gasteiger partial charge in [-0.05, 0) is 18.4 Å². The zero-order valence-electron chi connectivity index (χ0n) is 7.37. The summed E-state index contributed by atoms with van der Waals surface area (Å²) in [5, 5.41) is 10.4. The summed E-state index contributed by atoms with van der Waals surface area (Å²) < 4.78 is 13.4. The van der Waals surface area contributed by atoms with Crippen LogP contribution in [0.1, 0.15) is 23.6 Å². The normalized spacial score (nSPS) is 19.4. The molecular formula is C9H9FN2O2. The third-order valence-electron chi connectivity index (χ3n) is 2.51. The number of fused-ring (bicyclic) bond motifs is 1. The molecule has 1 atom stereocenters. The largest absolute Gasteiger partial charge is 0.324 e. The monoisotopic (exact) mass is 196 g/mol. The van der Waals surface area contributed by atoms with E-state index in [0.29, 0.717) is 24.0 Å². The fourth-order valence-corrected chi connectivity index (χ4v) is 1.84. The van der Waals surface area contributed by atoms with Gasteiger partial charge in [0, 0.05) is 17.7 Å². The van der Waals surface area contributed by atoms with Crippen molar-refractivity contribution in [2.24, 2.45) is 5.73 Å². The highest BCUT2D eigenvalue weighted by molar-refractivity contribution is 5.44. The zero-order chi connectivity index (χ0) is 10.3. The number of halogens is 1. The molecule has 5 heteroatoms. The van der Waals surface area contributed by atoms with E-state index in [0.717, 1.165) is 6.07 Å². The van der Waals surface area contributed by atoms with Crippen molar-refractivity contribution in [2.45, 2.75) is 18.9 Å². The van der Waals surface area contributed by atoms with E-state index in [1.54, 1.807) is 0 Å². The second-order valence-electron chi connectivity index (χ2n) is 3.40. The van der Waals surface area contributed by atoms with Crippen LogP contribution in [-0.2, 0) is 6.42 Å². The average molecular weight is 196 g/mol. The molecule has 14 heavy (non-hydrogen) atoms. The summed E-state index contributed by atoms with van der Waals surface area (Å²) >= 11 is 0. The van der Waals surface area contributed by atoms with Crippen molar-refractivity contribution in [1.29, 1.82) is 0 Å². The summed E-state index contributed by atoms with van der Waals surface area (Å²) in [5.74, 6) is -0.556. The number of nitro groups is 1. The molecule has 1 aliphatic rings. The van der Waals surface area contributed by atoms with Crippen LogP contribution in [0.5, 0.6) is 0 Å². The summed E-state index contributed by atoms with van der Waals surface area (Å²) in [5.41, 5.74) is 6.58. The van der Waals surface area contributed by atoms with Gasteiger partial charge < -0.3 is 5.73 Å². The van der Waals surface area contributed by atoms with Crippen LogP contribution in [0.3, 0.4) is 0 Å². The fourth-order valence-electron chi connectivity index (χ4n) is 1.84. The summed E-state index contributed by atoms with van der Waals surface area (Å²) in [4.78, 5) is 9.85. The van der Waals surface area contributed by atoms with E-state index in [1.165, 1.54) is 6.07 Å². The average Bonchev–Trinajstić information content (AvgIpc) is 2.48. The minimum Gasteiger partial charge on any atom is -0.324 e. The Hall–Kier alpha value is -1.49. The minimum atomic E-state index is -0.590. The van der Waals surface area contributed by atoms with Gasteiger partial charge in [-0.15, -0.1) is 0 Å². The third kappa shape index (κ3) is 1.26. The molecule has 0 aromatic heterocycles. The van der Waals surface area contributed by atoms with Crippen molar-refractivity contribution in [1.82, 2.24) is 0 Å². The Morgan fingerprint density at radius 2 is 2.29 bits per heavy atom. The van der Waals surface area contributed by atoms with Crippen LogP contribution in [-0.4, -0.2) is 4.92 Å². The molecule has 0 fully saturated rings. The Morgan fingerprint density at radius 3 is 2.93 bits per heavy atom. The number of non-ortho nitro benzene ring substituents is 1. The molecule has 0 radical (unpaired) electrons. The molecule has 0 saturated carbocycles. The number of aryl methyl sites for hydroxylation is 1. The predicted molar refractivity (Wildman–Crippen MR) is 48.3 cm³/mol. The van der Waals surface area contributed by atoms with Crippen molar-refractivity contribution in [3.8, 4) is 0 Å². The predicted octanol–water partition coefficient (Wildman–Crippen LogP) is 1.68. The lowest BCUT2D eigenvalue weighted by Crippen LogP contribution is -2.07. The van der Waals surface area contributed by atoms with Crippen LogP contribution in [0.2, 0.25) is 0 Å². The first-order valence-electron chi connectivity index (χ1n) is 4.32. The smallest absolute Gasteiger partial charge is 0.272 e. The molecule has 0 spiro atoms. The van der Waals surface area contributed by atoms with E-state index >= 15 is 0 Å². The van der Waals surface area contributed by atoms with Crippen LogP contribution in [0.15, 0.2) is 12.1 Å². The fraction of sp³-hybridized carbons (Fsp3) is 0.333. The maximum Gasteiger partial charge on any atom is 0.272 e. The SMILES string of the molecule is NC1CCc2cc([N+](=O)[O-])cc(F)c21. The molecule has 1 unspecified atom stereocenters. The quantitative estimate of drug-likeness (QED) is 0.548. The van der Waals surface area contributed by atoms with Gasteiger partial charge in [0.1, 0.15) is 5.82 Å². The van der Waals surface area contributed by atoms with Gasteiger partial charge in [-0.1, -0.05) is 0 Å². The Morgan fingerprint density at radius 1 is 1.57 bits per heavy atom. The maximum absolute atomic E-state index is 13.4. The van der Waals surface area contributed by atoms with Crippen molar-refractivity contribution < 1.29 is 9.31 Å². The molecule has 1 aromatic rings. The first-order valence-corrected chi connectivity index (χ1v) is 4.32. The first-order chi connectivity index (χ1) is 6.59. The number of nitrogens with zero attached hydrogens (tertiary/aromatic N) is 1.